The molecule has 0 radical (unpaired) electrons. The molecule has 4 rings (SSSR count). The van der Waals surface area contributed by atoms with Crippen LogP contribution in [0.1, 0.15) is 11.1 Å². The minimum atomic E-state index is 0.334. The normalized spacial score (nSPS) is 11.3. The van der Waals surface area contributed by atoms with Crippen molar-refractivity contribution in [1.29, 1.82) is 0 Å². The predicted octanol–water partition coefficient (Wildman–Crippen LogP) is 1.42. The van der Waals surface area contributed by atoms with Crippen molar-refractivity contribution in [2.75, 3.05) is 5.32 Å². The van der Waals surface area contributed by atoms with Crippen molar-refractivity contribution in [3.05, 3.63) is 29.3 Å². The van der Waals surface area contributed by atoms with E-state index in [9.17, 15) is 0 Å². The summed E-state index contributed by atoms with van der Waals surface area (Å²) in [5.74, 6) is 0.492. The Hall–Kier alpha value is -3.10. The zero-order valence-electron chi connectivity index (χ0n) is 11.3. The van der Waals surface area contributed by atoms with Gasteiger partial charge in [0.2, 0.25) is 16.9 Å². The Morgan fingerprint density at radius 2 is 2.00 bits per heavy atom. The molecule has 9 nitrogen and oxygen atoms in total. The standard InChI is InChI=1S/C12H10N8O/c1-6-3-4-8(5-7(6)2)13-9-11-15-18-19-20(11)12-10(14-9)16-21-17-12/h3-5H,1-2H3,(H,13,14,16). The highest BCUT2D eigenvalue weighted by Gasteiger charge is 2.15. The first-order valence-electron chi connectivity index (χ1n) is 6.27. The van der Waals surface area contributed by atoms with Crippen molar-refractivity contribution in [1.82, 2.24) is 35.3 Å². The minimum absolute atomic E-state index is 0.334. The zero-order chi connectivity index (χ0) is 14.4. The molecule has 0 aliphatic rings. The molecule has 0 spiro atoms. The first kappa shape index (κ1) is 11.7. The topological polar surface area (TPSA) is 107 Å². The van der Waals surface area contributed by atoms with Crippen LogP contribution in [0.5, 0.6) is 0 Å². The molecule has 0 fully saturated rings. The zero-order valence-corrected chi connectivity index (χ0v) is 11.3. The summed E-state index contributed by atoms with van der Waals surface area (Å²) in [5, 5.41) is 22.1. The molecule has 0 bridgehead atoms. The lowest BCUT2D eigenvalue weighted by molar-refractivity contribution is 0.313. The molecule has 3 aromatic heterocycles. The lowest BCUT2D eigenvalue weighted by Crippen LogP contribution is -2.01. The van der Waals surface area contributed by atoms with E-state index in [2.05, 4.69) is 47.7 Å². The third-order valence-electron chi connectivity index (χ3n) is 3.32. The number of benzene rings is 1. The second-order valence-electron chi connectivity index (χ2n) is 4.71. The van der Waals surface area contributed by atoms with Gasteiger partial charge in [-0.2, -0.15) is 4.52 Å². The molecule has 104 valence electrons. The Balaban J connectivity index is 1.87. The fourth-order valence-electron chi connectivity index (χ4n) is 2.06. The molecule has 0 unspecified atom stereocenters. The monoisotopic (exact) mass is 282 g/mol. The van der Waals surface area contributed by atoms with Gasteiger partial charge in [-0.3, -0.25) is 0 Å². The van der Waals surface area contributed by atoms with E-state index in [4.69, 9.17) is 0 Å². The van der Waals surface area contributed by atoms with Gasteiger partial charge in [-0.15, -0.1) is 5.10 Å². The number of hydrogen-bond donors (Lipinski definition) is 1. The van der Waals surface area contributed by atoms with Crippen LogP contribution in [-0.4, -0.2) is 35.3 Å². The summed E-state index contributed by atoms with van der Waals surface area (Å²) in [5.41, 5.74) is 4.46. The Morgan fingerprint density at radius 3 is 2.86 bits per heavy atom. The van der Waals surface area contributed by atoms with Gasteiger partial charge >= 0.3 is 0 Å². The maximum absolute atomic E-state index is 4.68. The summed E-state index contributed by atoms with van der Waals surface area (Å²) < 4.78 is 6.11. The molecule has 0 aliphatic heterocycles. The molecule has 1 N–H and O–H groups in total. The van der Waals surface area contributed by atoms with E-state index in [0.29, 0.717) is 22.8 Å². The molecular formula is C12H10N8O. The molecule has 0 saturated carbocycles. The first-order chi connectivity index (χ1) is 10.2. The number of hydrogen-bond acceptors (Lipinski definition) is 8. The highest BCUT2D eigenvalue weighted by molar-refractivity contribution is 5.78. The summed E-state index contributed by atoms with van der Waals surface area (Å²) in [6.45, 7) is 4.11. The molecule has 1 aromatic carbocycles. The number of aromatic nitrogens is 7. The van der Waals surface area contributed by atoms with Crippen LogP contribution in [0.25, 0.3) is 16.9 Å². The van der Waals surface area contributed by atoms with E-state index in [0.717, 1.165) is 5.69 Å². The highest BCUT2D eigenvalue weighted by Crippen LogP contribution is 2.22. The van der Waals surface area contributed by atoms with Crippen molar-refractivity contribution in [2.24, 2.45) is 0 Å². The summed E-state index contributed by atoms with van der Waals surface area (Å²) in [6, 6.07) is 6.03. The fourth-order valence-corrected chi connectivity index (χ4v) is 2.06. The van der Waals surface area contributed by atoms with Crippen LogP contribution in [0.15, 0.2) is 22.8 Å². The largest absolute Gasteiger partial charge is 0.337 e. The number of anilines is 2. The quantitative estimate of drug-likeness (QED) is 0.588. The summed E-state index contributed by atoms with van der Waals surface area (Å²) in [6.07, 6.45) is 0. The average Bonchev–Trinajstić information content (AvgIpc) is 3.10. The molecule has 0 amide bonds. The van der Waals surface area contributed by atoms with E-state index in [1.807, 2.05) is 25.1 Å². The molecule has 3 heterocycles. The highest BCUT2D eigenvalue weighted by atomic mass is 16.6. The third kappa shape index (κ3) is 1.78. The van der Waals surface area contributed by atoms with Crippen LogP contribution in [0.3, 0.4) is 0 Å². The van der Waals surface area contributed by atoms with Gasteiger partial charge in [-0.05, 0) is 57.8 Å². The van der Waals surface area contributed by atoms with Crippen molar-refractivity contribution in [2.45, 2.75) is 13.8 Å². The second kappa shape index (κ2) is 4.20. The molecule has 9 heteroatoms. The Kier molecular flexibility index (Phi) is 2.34. The van der Waals surface area contributed by atoms with Gasteiger partial charge in [0.1, 0.15) is 0 Å². The van der Waals surface area contributed by atoms with Crippen molar-refractivity contribution in [3.63, 3.8) is 0 Å². The number of nitrogens with one attached hydrogen (secondary N) is 1. The van der Waals surface area contributed by atoms with E-state index in [1.165, 1.54) is 15.6 Å². The fraction of sp³-hybridized carbons (Fsp3) is 0.167. The molecule has 0 aliphatic carbocycles. The van der Waals surface area contributed by atoms with Crippen molar-refractivity contribution < 1.29 is 4.63 Å². The third-order valence-corrected chi connectivity index (χ3v) is 3.32. The number of aryl methyl sites for hydroxylation is 2. The van der Waals surface area contributed by atoms with Gasteiger partial charge < -0.3 is 5.32 Å². The average molecular weight is 282 g/mol. The number of nitrogens with zero attached hydrogens (tertiary/aromatic N) is 7. The first-order valence-corrected chi connectivity index (χ1v) is 6.27. The Morgan fingerprint density at radius 1 is 1.10 bits per heavy atom. The number of rotatable bonds is 2. The Labute approximate surface area is 117 Å². The van der Waals surface area contributed by atoms with Crippen molar-refractivity contribution in [3.8, 4) is 0 Å². The van der Waals surface area contributed by atoms with Gasteiger partial charge in [-0.25, -0.2) is 9.61 Å². The van der Waals surface area contributed by atoms with Gasteiger partial charge in [-0.1, -0.05) is 6.07 Å². The summed E-state index contributed by atoms with van der Waals surface area (Å²) in [7, 11) is 0. The lowest BCUT2D eigenvalue weighted by atomic mass is 10.1. The molecule has 4 aromatic rings. The lowest BCUT2D eigenvalue weighted by Gasteiger charge is -2.08. The smallest absolute Gasteiger partial charge is 0.248 e. The van der Waals surface area contributed by atoms with Gasteiger partial charge in [0.25, 0.3) is 0 Å². The van der Waals surface area contributed by atoms with Crippen LogP contribution in [0, 0.1) is 13.8 Å². The maximum atomic E-state index is 4.68. The van der Waals surface area contributed by atoms with Crippen LogP contribution >= 0.6 is 0 Å². The van der Waals surface area contributed by atoms with Crippen molar-refractivity contribution >= 4 is 28.4 Å². The van der Waals surface area contributed by atoms with E-state index < -0.39 is 0 Å². The van der Waals surface area contributed by atoms with Gasteiger partial charge in [0.05, 0.1) is 0 Å². The number of tetrazole rings is 1. The molecule has 0 atom stereocenters. The molecule has 0 saturated heterocycles. The van der Waals surface area contributed by atoms with E-state index in [1.54, 1.807) is 0 Å². The van der Waals surface area contributed by atoms with Crippen LogP contribution in [0.4, 0.5) is 11.5 Å². The van der Waals surface area contributed by atoms with Crippen LogP contribution < -0.4 is 5.32 Å². The van der Waals surface area contributed by atoms with Gasteiger partial charge in [0.15, 0.2) is 5.82 Å². The van der Waals surface area contributed by atoms with Crippen LogP contribution in [0.2, 0.25) is 0 Å². The molecular weight excluding hydrogens is 272 g/mol. The molecule has 21 heavy (non-hydrogen) atoms. The SMILES string of the molecule is Cc1ccc(Nc2nc3nonc3n3nnnc23)cc1C. The van der Waals surface area contributed by atoms with Gasteiger partial charge in [0, 0.05) is 5.69 Å². The maximum Gasteiger partial charge on any atom is 0.248 e. The minimum Gasteiger partial charge on any atom is -0.337 e. The second-order valence-corrected chi connectivity index (χ2v) is 4.71. The van der Waals surface area contributed by atoms with Crippen LogP contribution in [-0.2, 0) is 0 Å². The number of fused-ring (bicyclic) bond motifs is 3. The van der Waals surface area contributed by atoms with E-state index >= 15 is 0 Å². The van der Waals surface area contributed by atoms with E-state index in [-0.39, 0.29) is 0 Å². The Bertz CT molecular complexity index is 956. The summed E-state index contributed by atoms with van der Waals surface area (Å²) in [4.78, 5) is 4.34. The predicted molar refractivity (Wildman–Crippen MR) is 73.1 cm³/mol. The summed E-state index contributed by atoms with van der Waals surface area (Å²) >= 11 is 0.